The molecule has 1 aromatic carbocycles. The quantitative estimate of drug-likeness (QED) is 0.613. The molecule has 2 aliphatic rings. The third kappa shape index (κ3) is 2.11. The van der Waals surface area contributed by atoms with Gasteiger partial charge in [0.2, 0.25) is 0 Å². The van der Waals surface area contributed by atoms with Gasteiger partial charge in [0.05, 0.1) is 23.1 Å². The van der Waals surface area contributed by atoms with E-state index in [4.69, 9.17) is 0 Å². The fourth-order valence-electron chi connectivity index (χ4n) is 4.79. The summed E-state index contributed by atoms with van der Waals surface area (Å²) in [7, 11) is 0. The molecule has 2 atom stereocenters. The largest absolute Gasteiger partial charge is 0.294 e. The van der Waals surface area contributed by atoms with E-state index in [0.717, 1.165) is 24.2 Å². The van der Waals surface area contributed by atoms with Crippen molar-refractivity contribution in [1.29, 1.82) is 0 Å². The molecular formula is C22H24N2O2. The molecule has 26 heavy (non-hydrogen) atoms. The van der Waals surface area contributed by atoms with Crippen LogP contribution in [0.4, 0.5) is 0 Å². The highest BCUT2D eigenvalue weighted by Crippen LogP contribution is 2.65. The third-order valence-electron chi connectivity index (χ3n) is 6.93. The van der Waals surface area contributed by atoms with Crippen LogP contribution in [0.25, 0.3) is 5.69 Å². The topological polar surface area (TPSA) is 52.0 Å². The highest BCUT2D eigenvalue weighted by molar-refractivity contribution is 6.13. The highest BCUT2D eigenvalue weighted by Gasteiger charge is 2.64. The zero-order valence-corrected chi connectivity index (χ0v) is 15.7. The number of para-hydroxylation sites is 1. The number of nitrogens with zero attached hydrogens (tertiary/aromatic N) is 2. The normalized spacial score (nSPS) is 28.1. The van der Waals surface area contributed by atoms with Crippen molar-refractivity contribution in [3.63, 3.8) is 0 Å². The second-order valence-electron chi connectivity index (χ2n) is 8.33. The smallest absolute Gasteiger partial charge is 0.189 e. The van der Waals surface area contributed by atoms with Crippen LogP contribution in [-0.4, -0.2) is 21.3 Å². The van der Waals surface area contributed by atoms with Gasteiger partial charge in [-0.1, -0.05) is 39.0 Å². The summed E-state index contributed by atoms with van der Waals surface area (Å²) in [6.45, 7) is 8.26. The van der Waals surface area contributed by atoms with Crippen LogP contribution in [0, 0.1) is 23.7 Å². The maximum Gasteiger partial charge on any atom is 0.189 e. The molecule has 0 radical (unpaired) electrons. The van der Waals surface area contributed by atoms with Crippen molar-refractivity contribution in [3.8, 4) is 5.69 Å². The van der Waals surface area contributed by atoms with Crippen molar-refractivity contribution in [3.05, 3.63) is 59.4 Å². The number of hydrogen-bond acceptors (Lipinski definition) is 3. The Balaban J connectivity index is 1.69. The van der Waals surface area contributed by atoms with Crippen LogP contribution in [-0.2, 0) is 4.79 Å². The van der Waals surface area contributed by atoms with Crippen molar-refractivity contribution >= 4 is 11.6 Å². The van der Waals surface area contributed by atoms with E-state index in [-0.39, 0.29) is 28.3 Å². The molecule has 2 aliphatic carbocycles. The second kappa shape index (κ2) is 5.50. The van der Waals surface area contributed by atoms with E-state index >= 15 is 0 Å². The van der Waals surface area contributed by atoms with E-state index in [1.807, 2.05) is 37.3 Å². The first-order valence-electron chi connectivity index (χ1n) is 9.18. The number of allylic oxidation sites excluding steroid dienone is 2. The summed E-state index contributed by atoms with van der Waals surface area (Å²) in [5, 5.41) is 4.37. The molecule has 0 saturated heterocycles. The standard InChI is InChI=1S/C22H24N2O2/c1-14-17(13-23-24(14)15-8-6-5-7-9-15)19(25)12-16-18-10-11-22(4,20(16)26)21(18,2)3/h5-9,12-13,18H,10-11H2,1-4H3/t18-,22+/m0/s1. The van der Waals surface area contributed by atoms with Crippen LogP contribution < -0.4 is 0 Å². The van der Waals surface area contributed by atoms with Gasteiger partial charge in [-0.05, 0) is 49.3 Å². The summed E-state index contributed by atoms with van der Waals surface area (Å²) >= 11 is 0. The van der Waals surface area contributed by atoms with Gasteiger partial charge in [-0.15, -0.1) is 0 Å². The number of fused-ring (bicyclic) bond motifs is 2. The predicted octanol–water partition coefficient (Wildman–Crippen LogP) is 4.32. The maximum atomic E-state index is 12.9. The summed E-state index contributed by atoms with van der Waals surface area (Å²) in [6.07, 6.45) is 5.08. The molecule has 2 fully saturated rings. The Hall–Kier alpha value is -2.49. The summed E-state index contributed by atoms with van der Waals surface area (Å²) in [5.74, 6) is 0.202. The van der Waals surface area contributed by atoms with Crippen LogP contribution in [0.15, 0.2) is 48.2 Å². The van der Waals surface area contributed by atoms with Gasteiger partial charge in [0.25, 0.3) is 0 Å². The molecule has 0 spiro atoms. The highest BCUT2D eigenvalue weighted by atomic mass is 16.1. The number of rotatable bonds is 3. The van der Waals surface area contributed by atoms with Crippen LogP contribution in [0.2, 0.25) is 0 Å². The lowest BCUT2D eigenvalue weighted by atomic mass is 9.70. The SMILES string of the molecule is Cc1c(C(=O)C=C2C(=O)[C@@]3(C)CC[C@@H]2C3(C)C)cnn1-c1ccccc1. The maximum absolute atomic E-state index is 12.9. The first kappa shape index (κ1) is 17.0. The molecule has 0 amide bonds. The predicted molar refractivity (Wildman–Crippen MR) is 100 cm³/mol. The van der Waals surface area contributed by atoms with Crippen LogP contribution in [0.5, 0.6) is 0 Å². The van der Waals surface area contributed by atoms with Gasteiger partial charge in [-0.3, -0.25) is 9.59 Å². The van der Waals surface area contributed by atoms with E-state index in [1.54, 1.807) is 17.0 Å². The van der Waals surface area contributed by atoms with Crippen LogP contribution >= 0.6 is 0 Å². The molecule has 0 N–H and O–H groups in total. The van der Waals surface area contributed by atoms with Crippen LogP contribution in [0.1, 0.15) is 49.7 Å². The Morgan fingerprint density at radius 1 is 1.23 bits per heavy atom. The van der Waals surface area contributed by atoms with Gasteiger partial charge in [0.1, 0.15) is 0 Å². The number of Topliss-reactive ketones (excluding diaryl/α,β-unsaturated/α-hetero) is 1. The van der Waals surface area contributed by atoms with Crippen molar-refractivity contribution in [2.75, 3.05) is 0 Å². The van der Waals surface area contributed by atoms with Gasteiger partial charge in [0.15, 0.2) is 11.6 Å². The Morgan fingerprint density at radius 2 is 1.92 bits per heavy atom. The van der Waals surface area contributed by atoms with E-state index in [1.165, 1.54) is 0 Å². The first-order chi connectivity index (χ1) is 12.3. The van der Waals surface area contributed by atoms with Gasteiger partial charge in [-0.2, -0.15) is 5.10 Å². The average Bonchev–Trinajstić information content (AvgIpc) is 3.15. The molecule has 4 heteroatoms. The average molecular weight is 348 g/mol. The van der Waals surface area contributed by atoms with Crippen LogP contribution in [0.3, 0.4) is 0 Å². The number of hydrogen-bond donors (Lipinski definition) is 0. The molecule has 2 bridgehead atoms. The Bertz CT molecular complexity index is 936. The number of aromatic nitrogens is 2. The van der Waals surface area contributed by atoms with E-state index in [0.29, 0.717) is 11.1 Å². The van der Waals surface area contributed by atoms with Gasteiger partial charge in [-0.25, -0.2) is 4.68 Å². The molecule has 4 rings (SSSR count). The zero-order valence-electron chi connectivity index (χ0n) is 15.7. The minimum absolute atomic E-state index is 0.0839. The molecule has 0 unspecified atom stereocenters. The number of carbonyl (C=O) groups is 2. The minimum Gasteiger partial charge on any atom is -0.294 e. The van der Waals surface area contributed by atoms with Gasteiger partial charge >= 0.3 is 0 Å². The molecule has 134 valence electrons. The van der Waals surface area contributed by atoms with E-state index in [9.17, 15) is 9.59 Å². The summed E-state index contributed by atoms with van der Waals surface area (Å²) < 4.78 is 1.76. The molecule has 2 saturated carbocycles. The lowest BCUT2D eigenvalue weighted by Crippen LogP contribution is -2.32. The van der Waals surface area contributed by atoms with Gasteiger partial charge in [0, 0.05) is 11.0 Å². The number of carbonyl (C=O) groups excluding carboxylic acids is 2. The Morgan fingerprint density at radius 3 is 2.54 bits per heavy atom. The molecular weight excluding hydrogens is 324 g/mol. The zero-order chi connectivity index (χ0) is 18.7. The van der Waals surface area contributed by atoms with Gasteiger partial charge < -0.3 is 0 Å². The molecule has 2 aromatic rings. The number of benzene rings is 1. The summed E-state index contributed by atoms with van der Waals surface area (Å²) in [6, 6.07) is 9.74. The minimum atomic E-state index is -0.340. The lowest BCUT2D eigenvalue weighted by molar-refractivity contribution is -0.125. The third-order valence-corrected chi connectivity index (χ3v) is 6.93. The molecule has 4 nitrogen and oxygen atoms in total. The second-order valence-corrected chi connectivity index (χ2v) is 8.33. The fraction of sp³-hybridized carbons (Fsp3) is 0.409. The molecule has 1 heterocycles. The lowest BCUT2D eigenvalue weighted by Gasteiger charge is -2.31. The van der Waals surface area contributed by atoms with Crippen molar-refractivity contribution in [1.82, 2.24) is 9.78 Å². The van der Waals surface area contributed by atoms with Crippen molar-refractivity contribution < 1.29 is 9.59 Å². The monoisotopic (exact) mass is 348 g/mol. The van der Waals surface area contributed by atoms with E-state index in [2.05, 4.69) is 25.9 Å². The first-order valence-corrected chi connectivity index (χ1v) is 9.18. The van der Waals surface area contributed by atoms with Crippen molar-refractivity contribution in [2.45, 2.75) is 40.5 Å². The summed E-state index contributed by atoms with van der Waals surface area (Å²) in [5.41, 5.74) is 2.55. The Kier molecular flexibility index (Phi) is 3.59. The molecule has 0 aliphatic heterocycles. The number of ketones is 2. The van der Waals surface area contributed by atoms with Crippen molar-refractivity contribution in [2.24, 2.45) is 16.7 Å². The fourth-order valence-corrected chi connectivity index (χ4v) is 4.79. The molecule has 1 aromatic heterocycles. The Labute approximate surface area is 153 Å². The summed E-state index contributed by atoms with van der Waals surface area (Å²) in [4.78, 5) is 25.9. The van der Waals surface area contributed by atoms with E-state index < -0.39 is 0 Å².